The molecule has 0 aromatic rings. The Hall–Kier alpha value is -2.32. The number of esters is 1. The molecule has 8 nitrogen and oxygen atoms in total. The average molecular weight is 559 g/mol. The van der Waals surface area contributed by atoms with E-state index in [0.717, 1.165) is 5.57 Å². The van der Waals surface area contributed by atoms with Crippen molar-refractivity contribution in [1.29, 1.82) is 0 Å². The molecule has 0 aromatic heterocycles. The molecule has 222 valence electrons. The van der Waals surface area contributed by atoms with E-state index >= 15 is 0 Å². The van der Waals surface area contributed by atoms with Crippen molar-refractivity contribution in [3.8, 4) is 0 Å². The summed E-state index contributed by atoms with van der Waals surface area (Å²) in [6.45, 7) is 15.6. The molecule has 40 heavy (non-hydrogen) atoms. The molecule has 0 bridgehead atoms. The number of aliphatic hydroxyl groups excluding tert-OH is 2. The molecule has 0 saturated heterocycles. The molecular formula is C32H46O8. The summed E-state index contributed by atoms with van der Waals surface area (Å²) in [5, 5.41) is 33.9. The number of ether oxygens (including phenoxy) is 1. The van der Waals surface area contributed by atoms with Crippen LogP contribution in [0.5, 0.6) is 0 Å². The number of allylic oxidation sites excluding steroid dienone is 4. The lowest BCUT2D eigenvalue weighted by molar-refractivity contribution is -0.181. The largest absolute Gasteiger partial charge is 0.505 e. The number of fused-ring (bicyclic) bond motifs is 5. The average Bonchev–Trinajstić information content (AvgIpc) is 3.01. The SMILES string of the molecule is CC(=O)OC(C)(C)CCC(=O)[C@](C)(O)[C@H]1[C@H](O)C[C@@]2(C)[C@@H]3CC=C4[C@@H](C=C(O)C(=O)C4(C)C)C3(C)C(=O)C[C@]12C. The molecule has 3 N–H and O–H groups in total. The van der Waals surface area contributed by atoms with Crippen LogP contribution >= 0.6 is 0 Å². The predicted octanol–water partition coefficient (Wildman–Crippen LogP) is 4.41. The second kappa shape index (κ2) is 9.09. The molecule has 8 atom stereocenters. The first kappa shape index (κ1) is 30.6. The Balaban J connectivity index is 1.72. The summed E-state index contributed by atoms with van der Waals surface area (Å²) < 4.78 is 5.31. The molecule has 4 aliphatic rings. The fraction of sp³-hybridized carbons (Fsp3) is 0.750. The van der Waals surface area contributed by atoms with Crippen LogP contribution < -0.4 is 0 Å². The molecular weight excluding hydrogens is 512 g/mol. The fourth-order valence-electron chi connectivity index (χ4n) is 9.26. The number of ketones is 3. The van der Waals surface area contributed by atoms with Crippen LogP contribution in [0.1, 0.15) is 94.4 Å². The van der Waals surface area contributed by atoms with Gasteiger partial charge in [0.25, 0.3) is 0 Å². The van der Waals surface area contributed by atoms with E-state index in [1.54, 1.807) is 27.7 Å². The lowest BCUT2D eigenvalue weighted by Gasteiger charge is -2.63. The van der Waals surface area contributed by atoms with Gasteiger partial charge in [0.15, 0.2) is 11.5 Å². The minimum atomic E-state index is -1.92. The lowest BCUT2D eigenvalue weighted by atomic mass is 9.39. The maximum Gasteiger partial charge on any atom is 0.303 e. The second-order valence-electron chi connectivity index (χ2n) is 14.8. The zero-order valence-corrected chi connectivity index (χ0v) is 25.4. The third-order valence-corrected chi connectivity index (χ3v) is 11.6. The standard InChI is InChI=1S/C32H46O8/c1-17(33)40-27(2,3)13-12-23(36)32(9,39)25-21(35)15-29(6)22-11-10-18-19(14-20(34)26(38)28(18,4)5)31(22,8)24(37)16-30(25,29)7/h10,14,19,21-22,25,34-35,39H,11-13,15-16H2,1-9H3/t19-,21-,22+,25+,29+,30-,31?,32+/m1/s1. The topological polar surface area (TPSA) is 138 Å². The van der Waals surface area contributed by atoms with Gasteiger partial charge in [-0.15, -0.1) is 0 Å². The Bertz CT molecular complexity index is 1220. The molecule has 0 spiro atoms. The van der Waals surface area contributed by atoms with Crippen molar-refractivity contribution in [2.75, 3.05) is 0 Å². The van der Waals surface area contributed by atoms with Gasteiger partial charge < -0.3 is 20.1 Å². The molecule has 2 fully saturated rings. The van der Waals surface area contributed by atoms with Crippen LogP contribution in [0.15, 0.2) is 23.5 Å². The number of rotatable bonds is 6. The van der Waals surface area contributed by atoms with Crippen molar-refractivity contribution >= 4 is 23.3 Å². The van der Waals surface area contributed by atoms with E-state index in [1.807, 2.05) is 19.9 Å². The van der Waals surface area contributed by atoms with Crippen molar-refractivity contribution in [3.63, 3.8) is 0 Å². The van der Waals surface area contributed by atoms with Crippen molar-refractivity contribution < 1.29 is 39.2 Å². The summed E-state index contributed by atoms with van der Waals surface area (Å²) in [6.07, 6.45) is 3.55. The van der Waals surface area contributed by atoms with Gasteiger partial charge in [0.2, 0.25) is 5.78 Å². The Labute approximate surface area is 237 Å². The number of aliphatic hydroxyl groups is 3. The lowest BCUT2D eigenvalue weighted by Crippen LogP contribution is -2.64. The molecule has 0 radical (unpaired) electrons. The molecule has 2 saturated carbocycles. The van der Waals surface area contributed by atoms with E-state index in [-0.39, 0.29) is 42.5 Å². The summed E-state index contributed by atoms with van der Waals surface area (Å²) in [7, 11) is 0. The first-order valence-corrected chi connectivity index (χ1v) is 14.4. The van der Waals surface area contributed by atoms with Crippen LogP contribution in [-0.4, -0.2) is 55.9 Å². The maximum atomic E-state index is 14.3. The van der Waals surface area contributed by atoms with Gasteiger partial charge in [0.1, 0.15) is 17.0 Å². The monoisotopic (exact) mass is 558 g/mol. The number of hydrogen-bond acceptors (Lipinski definition) is 8. The summed E-state index contributed by atoms with van der Waals surface area (Å²) in [5.74, 6) is -3.26. The van der Waals surface area contributed by atoms with Crippen molar-refractivity contribution in [3.05, 3.63) is 23.5 Å². The van der Waals surface area contributed by atoms with Crippen LogP contribution in [0.4, 0.5) is 0 Å². The molecule has 4 aliphatic carbocycles. The van der Waals surface area contributed by atoms with Crippen molar-refractivity contribution in [2.24, 2.45) is 39.4 Å². The van der Waals surface area contributed by atoms with Crippen LogP contribution in [0, 0.1) is 39.4 Å². The van der Waals surface area contributed by atoms with E-state index in [1.165, 1.54) is 19.9 Å². The van der Waals surface area contributed by atoms with E-state index in [0.29, 0.717) is 12.8 Å². The van der Waals surface area contributed by atoms with Gasteiger partial charge in [0.05, 0.1) is 11.5 Å². The number of carbonyl (C=O) groups excluding carboxylic acids is 4. The molecule has 0 aromatic carbocycles. The van der Waals surface area contributed by atoms with Gasteiger partial charge in [-0.25, -0.2) is 0 Å². The Morgan fingerprint density at radius 1 is 1.07 bits per heavy atom. The molecule has 0 amide bonds. The van der Waals surface area contributed by atoms with Gasteiger partial charge in [-0.1, -0.05) is 32.4 Å². The molecule has 8 heteroatoms. The van der Waals surface area contributed by atoms with Crippen LogP contribution in [0.3, 0.4) is 0 Å². The summed E-state index contributed by atoms with van der Waals surface area (Å²) in [4.78, 5) is 52.1. The quantitative estimate of drug-likeness (QED) is 0.322. The maximum absolute atomic E-state index is 14.3. The fourth-order valence-corrected chi connectivity index (χ4v) is 9.26. The van der Waals surface area contributed by atoms with Crippen molar-refractivity contribution in [2.45, 2.75) is 112 Å². The molecule has 0 heterocycles. The zero-order valence-electron chi connectivity index (χ0n) is 25.4. The predicted molar refractivity (Wildman–Crippen MR) is 148 cm³/mol. The molecule has 1 unspecified atom stereocenters. The van der Waals surface area contributed by atoms with Crippen molar-refractivity contribution in [1.82, 2.24) is 0 Å². The highest BCUT2D eigenvalue weighted by Gasteiger charge is 2.74. The second-order valence-corrected chi connectivity index (χ2v) is 14.8. The van der Waals surface area contributed by atoms with E-state index < -0.39 is 62.6 Å². The smallest absolute Gasteiger partial charge is 0.303 e. The van der Waals surface area contributed by atoms with Gasteiger partial charge >= 0.3 is 5.97 Å². The summed E-state index contributed by atoms with van der Waals surface area (Å²) in [6, 6.07) is 0. The number of hydrogen-bond donors (Lipinski definition) is 3. The summed E-state index contributed by atoms with van der Waals surface area (Å²) in [5.41, 5.74) is -5.36. The minimum Gasteiger partial charge on any atom is -0.505 e. The highest BCUT2D eigenvalue weighted by Crippen LogP contribution is 2.73. The Kier molecular flexibility index (Phi) is 6.96. The normalized spacial score (nSPS) is 40.2. The Morgan fingerprint density at radius 3 is 2.25 bits per heavy atom. The molecule has 0 aliphatic heterocycles. The minimum absolute atomic E-state index is 0.0490. The van der Waals surface area contributed by atoms with Gasteiger partial charge in [-0.05, 0) is 76.7 Å². The van der Waals surface area contributed by atoms with Crippen LogP contribution in [0.2, 0.25) is 0 Å². The third kappa shape index (κ3) is 4.07. The number of carbonyl (C=O) groups is 4. The number of Topliss-reactive ketones (excluding diaryl/α,β-unsaturated/α-hetero) is 3. The highest BCUT2D eigenvalue weighted by molar-refractivity contribution is 6.02. The molecule has 4 rings (SSSR count). The highest BCUT2D eigenvalue weighted by atomic mass is 16.6. The third-order valence-electron chi connectivity index (χ3n) is 11.6. The van der Waals surface area contributed by atoms with Gasteiger partial charge in [-0.2, -0.15) is 0 Å². The summed E-state index contributed by atoms with van der Waals surface area (Å²) >= 11 is 0. The van der Waals surface area contributed by atoms with E-state index in [2.05, 4.69) is 6.92 Å². The van der Waals surface area contributed by atoms with E-state index in [4.69, 9.17) is 4.74 Å². The Morgan fingerprint density at radius 2 is 1.68 bits per heavy atom. The van der Waals surface area contributed by atoms with Crippen LogP contribution in [0.25, 0.3) is 0 Å². The van der Waals surface area contributed by atoms with Gasteiger partial charge in [0, 0.05) is 37.0 Å². The first-order chi connectivity index (χ1) is 18.1. The van der Waals surface area contributed by atoms with Crippen LogP contribution in [-0.2, 0) is 23.9 Å². The van der Waals surface area contributed by atoms with E-state index in [9.17, 15) is 34.5 Å². The zero-order chi connectivity index (χ0) is 30.4. The first-order valence-electron chi connectivity index (χ1n) is 14.4. The van der Waals surface area contributed by atoms with Gasteiger partial charge in [-0.3, -0.25) is 19.2 Å².